The fraction of sp³-hybridized carbons (Fsp3) is 0.261. The molecule has 0 aliphatic carbocycles. The van der Waals surface area contributed by atoms with E-state index in [1.165, 1.54) is 12.1 Å². The molecular weight excluding hydrogens is 367 g/mol. The van der Waals surface area contributed by atoms with E-state index >= 15 is 0 Å². The maximum Gasteiger partial charge on any atom is 0.253 e. The Labute approximate surface area is 169 Å². The van der Waals surface area contributed by atoms with E-state index in [4.69, 9.17) is 0 Å². The van der Waals surface area contributed by atoms with Gasteiger partial charge in [0.05, 0.1) is 0 Å². The number of nitrogens with zero attached hydrogens (tertiary/aromatic N) is 3. The molecule has 0 saturated carbocycles. The van der Waals surface area contributed by atoms with Gasteiger partial charge in [0, 0.05) is 42.3 Å². The average molecular weight is 390 g/mol. The molecule has 1 N–H and O–H groups in total. The second kappa shape index (κ2) is 8.39. The zero-order valence-electron chi connectivity index (χ0n) is 16.3. The minimum absolute atomic E-state index is 0.0583. The van der Waals surface area contributed by atoms with Crippen molar-refractivity contribution < 1.29 is 9.18 Å². The summed E-state index contributed by atoms with van der Waals surface area (Å²) in [6.07, 6.45) is 5.40. The molecule has 29 heavy (non-hydrogen) atoms. The van der Waals surface area contributed by atoms with Crippen molar-refractivity contribution in [1.82, 2.24) is 14.9 Å². The number of benzene rings is 2. The number of amides is 1. The molecule has 1 amide bonds. The van der Waals surface area contributed by atoms with Crippen LogP contribution in [-0.2, 0) is 0 Å². The highest BCUT2D eigenvalue weighted by Gasteiger charge is 2.21. The van der Waals surface area contributed by atoms with Gasteiger partial charge in [0.2, 0.25) is 5.95 Å². The summed E-state index contributed by atoms with van der Waals surface area (Å²) in [5, 5.41) is 3.13. The van der Waals surface area contributed by atoms with E-state index in [0.717, 1.165) is 42.7 Å². The van der Waals surface area contributed by atoms with Gasteiger partial charge >= 0.3 is 0 Å². The molecule has 4 rings (SSSR count). The number of carbonyl (C=O) groups is 1. The molecule has 0 spiro atoms. The molecule has 148 valence electrons. The second-order valence-electron chi connectivity index (χ2n) is 7.49. The Morgan fingerprint density at radius 2 is 1.76 bits per heavy atom. The lowest BCUT2D eigenvalue weighted by Gasteiger charge is -2.30. The van der Waals surface area contributed by atoms with E-state index in [1.54, 1.807) is 18.5 Å². The van der Waals surface area contributed by atoms with Crippen LogP contribution in [0.1, 0.15) is 30.1 Å². The predicted molar refractivity (Wildman–Crippen MR) is 111 cm³/mol. The third-order valence-electron chi connectivity index (χ3n) is 5.25. The topological polar surface area (TPSA) is 58.1 Å². The summed E-state index contributed by atoms with van der Waals surface area (Å²) < 4.78 is 13.4. The Bertz CT molecular complexity index is 998. The van der Waals surface area contributed by atoms with Gasteiger partial charge < -0.3 is 10.2 Å². The van der Waals surface area contributed by atoms with Crippen LogP contribution in [0, 0.1) is 11.7 Å². The van der Waals surface area contributed by atoms with Crippen LogP contribution in [0.25, 0.3) is 11.1 Å². The number of halogens is 1. The van der Waals surface area contributed by atoms with Crippen molar-refractivity contribution in [3.63, 3.8) is 0 Å². The fourth-order valence-electron chi connectivity index (χ4n) is 3.46. The number of nitrogens with one attached hydrogen (secondary N) is 1. The highest BCUT2D eigenvalue weighted by atomic mass is 19.1. The molecule has 0 radical (unpaired) electrons. The van der Waals surface area contributed by atoms with Gasteiger partial charge in [-0.25, -0.2) is 14.4 Å². The van der Waals surface area contributed by atoms with Gasteiger partial charge in [0.15, 0.2) is 0 Å². The Kier molecular flexibility index (Phi) is 5.51. The van der Waals surface area contributed by atoms with E-state index in [9.17, 15) is 9.18 Å². The first-order valence-electron chi connectivity index (χ1n) is 9.83. The fourth-order valence-corrected chi connectivity index (χ4v) is 3.46. The Morgan fingerprint density at radius 1 is 1.03 bits per heavy atom. The highest BCUT2D eigenvalue weighted by Crippen LogP contribution is 2.22. The molecule has 1 aliphatic heterocycles. The molecule has 0 atom stereocenters. The van der Waals surface area contributed by atoms with Crippen LogP contribution in [-0.4, -0.2) is 33.9 Å². The lowest BCUT2D eigenvalue weighted by molar-refractivity contribution is 0.0697. The maximum absolute atomic E-state index is 13.4. The van der Waals surface area contributed by atoms with Crippen molar-refractivity contribution in [1.29, 1.82) is 0 Å². The maximum atomic E-state index is 13.4. The second-order valence-corrected chi connectivity index (χ2v) is 7.49. The minimum Gasteiger partial charge on any atom is -0.339 e. The largest absolute Gasteiger partial charge is 0.339 e. The summed E-state index contributed by atoms with van der Waals surface area (Å²) in [5.41, 5.74) is 2.86. The molecule has 3 aromatic rings. The Balaban J connectivity index is 1.46. The quantitative estimate of drug-likeness (QED) is 0.688. The summed E-state index contributed by atoms with van der Waals surface area (Å²) >= 11 is 0. The average Bonchev–Trinajstić information content (AvgIpc) is 2.74. The zero-order chi connectivity index (χ0) is 20.2. The summed E-state index contributed by atoms with van der Waals surface area (Å²) in [6, 6.07) is 13.7. The predicted octanol–water partition coefficient (Wildman–Crippen LogP) is 4.90. The first-order chi connectivity index (χ1) is 14.1. The van der Waals surface area contributed by atoms with Gasteiger partial charge in [-0.05, 0) is 54.7 Å². The number of hydrogen-bond donors (Lipinski definition) is 1. The molecule has 6 heteroatoms. The van der Waals surface area contributed by atoms with E-state index in [0.29, 0.717) is 17.4 Å². The summed E-state index contributed by atoms with van der Waals surface area (Å²) in [5.74, 6) is 0.860. The standard InChI is InChI=1S/C23H23FN4O/c1-16-8-10-28(11-9-16)22(29)18-5-3-7-21(13-18)27-23-25-14-19(15-26-23)17-4-2-6-20(24)12-17/h2-7,12-16H,8-11H2,1H3,(H,25,26,27). The molecule has 0 unspecified atom stereocenters. The first kappa shape index (κ1) is 19.1. The van der Waals surface area contributed by atoms with Crippen molar-refractivity contribution in [2.24, 2.45) is 5.92 Å². The number of carbonyl (C=O) groups excluding carboxylic acids is 1. The van der Waals surface area contributed by atoms with E-state index < -0.39 is 0 Å². The molecule has 0 bridgehead atoms. The normalized spacial score (nSPS) is 14.6. The van der Waals surface area contributed by atoms with Gasteiger partial charge in [-0.3, -0.25) is 4.79 Å². The Hall–Kier alpha value is -3.28. The lowest BCUT2D eigenvalue weighted by Crippen LogP contribution is -2.37. The van der Waals surface area contributed by atoms with Crippen LogP contribution in [0.3, 0.4) is 0 Å². The van der Waals surface area contributed by atoms with Crippen molar-refractivity contribution in [2.75, 3.05) is 18.4 Å². The highest BCUT2D eigenvalue weighted by molar-refractivity contribution is 5.95. The van der Waals surface area contributed by atoms with Crippen LogP contribution in [0.5, 0.6) is 0 Å². The summed E-state index contributed by atoms with van der Waals surface area (Å²) in [4.78, 5) is 23.3. The van der Waals surface area contributed by atoms with E-state index in [2.05, 4.69) is 22.2 Å². The van der Waals surface area contributed by atoms with Crippen molar-refractivity contribution in [3.05, 3.63) is 72.3 Å². The van der Waals surface area contributed by atoms with Crippen LogP contribution < -0.4 is 5.32 Å². The molecule has 1 aliphatic rings. The van der Waals surface area contributed by atoms with Gasteiger partial charge in [0.25, 0.3) is 5.91 Å². The molecule has 2 heterocycles. The molecule has 1 aromatic heterocycles. The molecule has 5 nitrogen and oxygen atoms in total. The Morgan fingerprint density at radius 3 is 2.48 bits per heavy atom. The monoisotopic (exact) mass is 390 g/mol. The van der Waals surface area contributed by atoms with E-state index in [1.807, 2.05) is 35.2 Å². The van der Waals surface area contributed by atoms with Crippen molar-refractivity contribution in [3.8, 4) is 11.1 Å². The van der Waals surface area contributed by atoms with Crippen LogP contribution in [0.15, 0.2) is 60.9 Å². The van der Waals surface area contributed by atoms with Gasteiger partial charge in [-0.2, -0.15) is 0 Å². The number of likely N-dealkylation sites (tertiary alicyclic amines) is 1. The smallest absolute Gasteiger partial charge is 0.253 e. The van der Waals surface area contributed by atoms with Crippen LogP contribution in [0.4, 0.5) is 16.0 Å². The van der Waals surface area contributed by atoms with E-state index in [-0.39, 0.29) is 11.7 Å². The minimum atomic E-state index is -0.297. The first-order valence-corrected chi connectivity index (χ1v) is 9.83. The van der Waals surface area contributed by atoms with Crippen LogP contribution >= 0.6 is 0 Å². The van der Waals surface area contributed by atoms with Crippen molar-refractivity contribution >= 4 is 17.5 Å². The zero-order valence-corrected chi connectivity index (χ0v) is 16.3. The third-order valence-corrected chi connectivity index (χ3v) is 5.25. The van der Waals surface area contributed by atoms with Gasteiger partial charge in [0.1, 0.15) is 5.82 Å². The molecular formula is C23H23FN4O. The number of rotatable bonds is 4. The molecule has 1 saturated heterocycles. The number of piperidine rings is 1. The number of hydrogen-bond acceptors (Lipinski definition) is 4. The van der Waals surface area contributed by atoms with Gasteiger partial charge in [-0.1, -0.05) is 25.1 Å². The number of anilines is 2. The van der Waals surface area contributed by atoms with Gasteiger partial charge in [-0.15, -0.1) is 0 Å². The SMILES string of the molecule is CC1CCN(C(=O)c2cccc(Nc3ncc(-c4cccc(F)c4)cn3)c2)CC1. The molecule has 2 aromatic carbocycles. The summed E-state index contributed by atoms with van der Waals surface area (Å²) in [6.45, 7) is 3.84. The van der Waals surface area contributed by atoms with Crippen molar-refractivity contribution in [2.45, 2.75) is 19.8 Å². The summed E-state index contributed by atoms with van der Waals surface area (Å²) in [7, 11) is 0. The third kappa shape index (κ3) is 4.59. The van der Waals surface area contributed by atoms with Crippen LogP contribution in [0.2, 0.25) is 0 Å². The molecule has 1 fully saturated rings. The lowest BCUT2D eigenvalue weighted by atomic mass is 9.98. The number of aromatic nitrogens is 2.